The van der Waals surface area contributed by atoms with Crippen LogP contribution in [0.1, 0.15) is 60.2 Å². The Hall–Kier alpha value is -2.31. The molecule has 4 nitrogen and oxygen atoms in total. The Labute approximate surface area is 216 Å². The number of benzene rings is 2. The van der Waals surface area contributed by atoms with Gasteiger partial charge in [0.05, 0.1) is 13.6 Å². The fraction of sp³-hybridized carbons (Fsp3) is 0.414. The molecule has 0 spiro atoms. The highest BCUT2D eigenvalue weighted by Crippen LogP contribution is 2.61. The van der Waals surface area contributed by atoms with Gasteiger partial charge in [-0.2, -0.15) is 0 Å². The van der Waals surface area contributed by atoms with Gasteiger partial charge in [0.25, 0.3) is 0 Å². The molecule has 35 heavy (non-hydrogen) atoms. The number of allylic oxidation sites excluding steroid dienone is 2. The minimum atomic E-state index is -1.81. The van der Waals surface area contributed by atoms with Gasteiger partial charge in [-0.15, -0.1) is 0 Å². The Bertz CT molecular complexity index is 1270. The number of carbonyl (C=O) groups is 3. The second-order valence-corrected chi connectivity index (χ2v) is 17.5. The Balaban J connectivity index is 1.53. The van der Waals surface area contributed by atoms with Gasteiger partial charge in [-0.3, -0.25) is 14.4 Å². The fourth-order valence-corrected chi connectivity index (χ4v) is 10.9. The molecule has 3 aliphatic carbocycles. The highest BCUT2D eigenvalue weighted by atomic mass is 79.9. The summed E-state index contributed by atoms with van der Waals surface area (Å²) < 4.78 is 4.37. The van der Waals surface area contributed by atoms with Crippen LogP contribution in [0.25, 0.3) is 0 Å². The average molecular weight is 552 g/mol. The maximum absolute atomic E-state index is 14.0. The SMILES string of the molecule is CC(=O)Oc1cccc2c1C(=O)C1CC=C3CC(C)([Si](C)(C)c4ccccc4)CCC3C1(Br)C2=O. The number of fused-ring (bicyclic) bond motifs is 4. The van der Waals surface area contributed by atoms with Gasteiger partial charge in [0.15, 0.2) is 11.6 Å². The van der Waals surface area contributed by atoms with E-state index in [0.29, 0.717) is 12.0 Å². The highest BCUT2D eigenvalue weighted by molar-refractivity contribution is 9.10. The molecule has 4 unspecified atom stereocenters. The van der Waals surface area contributed by atoms with Gasteiger partial charge < -0.3 is 4.74 Å². The van der Waals surface area contributed by atoms with Crippen LogP contribution < -0.4 is 9.92 Å². The highest BCUT2D eigenvalue weighted by Gasteiger charge is 2.61. The van der Waals surface area contributed by atoms with E-state index in [4.69, 9.17) is 4.74 Å². The Morgan fingerprint density at radius 2 is 1.77 bits per heavy atom. The summed E-state index contributed by atoms with van der Waals surface area (Å²) in [4.78, 5) is 39.4. The molecule has 2 aromatic rings. The van der Waals surface area contributed by atoms with E-state index in [1.54, 1.807) is 18.2 Å². The first-order valence-electron chi connectivity index (χ1n) is 12.3. The van der Waals surface area contributed by atoms with E-state index in [9.17, 15) is 14.4 Å². The van der Waals surface area contributed by atoms with Crippen LogP contribution in [0.4, 0.5) is 0 Å². The largest absolute Gasteiger partial charge is 0.426 e. The summed E-state index contributed by atoms with van der Waals surface area (Å²) in [5, 5.41) is 1.62. The van der Waals surface area contributed by atoms with Crippen LogP contribution >= 0.6 is 15.9 Å². The predicted octanol–water partition coefficient (Wildman–Crippen LogP) is 6.25. The monoisotopic (exact) mass is 550 g/mol. The van der Waals surface area contributed by atoms with Gasteiger partial charge in [0, 0.05) is 24.3 Å². The van der Waals surface area contributed by atoms with E-state index in [1.807, 2.05) is 0 Å². The van der Waals surface area contributed by atoms with Crippen molar-refractivity contribution in [1.82, 2.24) is 0 Å². The molecule has 0 radical (unpaired) electrons. The zero-order valence-electron chi connectivity index (χ0n) is 20.7. The molecule has 1 fully saturated rings. The number of halogens is 1. The van der Waals surface area contributed by atoms with Crippen molar-refractivity contribution in [2.75, 3.05) is 0 Å². The zero-order chi connectivity index (χ0) is 25.2. The smallest absolute Gasteiger partial charge is 0.308 e. The third-order valence-corrected chi connectivity index (χ3v) is 15.8. The molecule has 182 valence electrons. The molecule has 5 rings (SSSR count). The van der Waals surface area contributed by atoms with Crippen molar-refractivity contribution >= 4 is 46.7 Å². The zero-order valence-corrected chi connectivity index (χ0v) is 23.3. The summed E-state index contributed by atoms with van der Waals surface area (Å²) in [7, 11) is -1.81. The standard InChI is InChI=1S/C29H31BrO4Si/c1-18(31)34-24-12-8-11-21-25(24)26(32)23-14-13-19-17-28(2,16-15-22(19)29(23,30)27(21)33)35(3,4)20-9-6-5-7-10-20/h5-13,22-23H,14-17H2,1-4H3. The first-order valence-corrected chi connectivity index (χ1v) is 16.1. The Kier molecular flexibility index (Phi) is 5.84. The van der Waals surface area contributed by atoms with E-state index >= 15 is 0 Å². The molecule has 0 saturated heterocycles. The summed E-state index contributed by atoms with van der Waals surface area (Å²) in [6.45, 7) is 8.64. The molecule has 0 amide bonds. The maximum atomic E-state index is 14.0. The molecule has 0 heterocycles. The van der Waals surface area contributed by atoms with Crippen molar-refractivity contribution < 1.29 is 19.1 Å². The third kappa shape index (κ3) is 3.55. The third-order valence-electron chi connectivity index (χ3n) is 9.10. The minimum absolute atomic E-state index is 0.0168. The Morgan fingerprint density at radius 1 is 1.06 bits per heavy atom. The lowest BCUT2D eigenvalue weighted by Crippen LogP contribution is -2.59. The van der Waals surface area contributed by atoms with Crippen LogP contribution in [-0.2, 0) is 4.79 Å². The number of ether oxygens (including phenoxy) is 1. The van der Waals surface area contributed by atoms with Crippen LogP contribution in [0.15, 0.2) is 60.2 Å². The van der Waals surface area contributed by atoms with Crippen molar-refractivity contribution in [3.8, 4) is 5.75 Å². The van der Waals surface area contributed by atoms with Crippen LogP contribution in [0.3, 0.4) is 0 Å². The second kappa shape index (κ2) is 8.38. The normalized spacial score (nSPS) is 30.0. The average Bonchev–Trinajstić information content (AvgIpc) is 2.82. The number of hydrogen-bond acceptors (Lipinski definition) is 4. The lowest BCUT2D eigenvalue weighted by atomic mass is 9.58. The van der Waals surface area contributed by atoms with Gasteiger partial charge >= 0.3 is 5.97 Å². The molecular weight excluding hydrogens is 520 g/mol. The topological polar surface area (TPSA) is 60.4 Å². The van der Waals surface area contributed by atoms with Crippen molar-refractivity contribution in [2.45, 2.75) is 62.0 Å². The van der Waals surface area contributed by atoms with Crippen molar-refractivity contribution in [3.63, 3.8) is 0 Å². The van der Waals surface area contributed by atoms with E-state index in [1.165, 1.54) is 17.7 Å². The van der Waals surface area contributed by atoms with Gasteiger partial charge in [-0.1, -0.05) is 95.2 Å². The molecule has 6 heteroatoms. The minimum Gasteiger partial charge on any atom is -0.426 e. The lowest BCUT2D eigenvalue weighted by molar-refractivity contribution is -0.131. The van der Waals surface area contributed by atoms with E-state index in [2.05, 4.69) is 72.4 Å². The predicted molar refractivity (Wildman–Crippen MR) is 144 cm³/mol. The molecule has 0 aliphatic heterocycles. The molecular formula is C29H31BrO4Si. The van der Waals surface area contributed by atoms with Crippen LogP contribution in [0, 0.1) is 11.8 Å². The summed E-state index contributed by atoms with van der Waals surface area (Å²) in [6, 6.07) is 15.8. The number of ketones is 2. The van der Waals surface area contributed by atoms with Gasteiger partial charge in [-0.25, -0.2) is 0 Å². The number of esters is 1. The molecule has 4 atom stereocenters. The lowest BCUT2D eigenvalue weighted by Gasteiger charge is -2.54. The summed E-state index contributed by atoms with van der Waals surface area (Å²) in [5.41, 5.74) is 1.92. The number of hydrogen-bond donors (Lipinski definition) is 0. The molecule has 0 bridgehead atoms. The molecule has 0 aromatic heterocycles. The molecule has 0 N–H and O–H groups in total. The number of carbonyl (C=O) groups excluding carboxylic acids is 3. The number of alkyl halides is 1. The second-order valence-electron chi connectivity index (χ2n) is 11.1. The molecule has 3 aliphatic rings. The maximum Gasteiger partial charge on any atom is 0.308 e. The molecule has 2 aromatic carbocycles. The van der Waals surface area contributed by atoms with Gasteiger partial charge in [-0.05, 0) is 36.8 Å². The van der Waals surface area contributed by atoms with Crippen LogP contribution in [-0.4, -0.2) is 29.9 Å². The van der Waals surface area contributed by atoms with E-state index < -0.39 is 24.3 Å². The van der Waals surface area contributed by atoms with Crippen molar-refractivity contribution in [2.24, 2.45) is 11.8 Å². The summed E-state index contributed by atoms with van der Waals surface area (Å²) >= 11 is 3.89. The van der Waals surface area contributed by atoms with Gasteiger partial charge in [0.1, 0.15) is 10.1 Å². The first-order chi connectivity index (χ1) is 16.5. The van der Waals surface area contributed by atoms with Crippen LogP contribution in [0.5, 0.6) is 5.75 Å². The Morgan fingerprint density at radius 3 is 2.46 bits per heavy atom. The quantitative estimate of drug-likeness (QED) is 0.149. The summed E-state index contributed by atoms with van der Waals surface area (Å²) in [5.74, 6) is -1.02. The van der Waals surface area contributed by atoms with Crippen LogP contribution in [0.2, 0.25) is 18.1 Å². The van der Waals surface area contributed by atoms with E-state index in [-0.39, 0.29) is 33.8 Å². The fourth-order valence-electron chi connectivity index (χ4n) is 6.63. The molecule has 1 saturated carbocycles. The number of rotatable bonds is 3. The van der Waals surface area contributed by atoms with Crippen molar-refractivity contribution in [1.29, 1.82) is 0 Å². The first kappa shape index (κ1) is 24.4. The van der Waals surface area contributed by atoms with E-state index in [0.717, 1.165) is 19.3 Å². The van der Waals surface area contributed by atoms with Crippen molar-refractivity contribution in [3.05, 3.63) is 71.3 Å². The van der Waals surface area contributed by atoms with Gasteiger partial charge in [0.2, 0.25) is 0 Å². The summed E-state index contributed by atoms with van der Waals surface area (Å²) in [6.07, 6.45) is 5.58. The number of Topliss-reactive ketones (excluding diaryl/α,β-unsaturated/α-hetero) is 2.